The van der Waals surface area contributed by atoms with Crippen LogP contribution in [0.25, 0.3) is 0 Å². The quantitative estimate of drug-likeness (QED) is 0.570. The van der Waals surface area contributed by atoms with Gasteiger partial charge in [0.05, 0.1) is 7.11 Å². The van der Waals surface area contributed by atoms with Crippen LogP contribution < -0.4 is 15.8 Å². The summed E-state index contributed by atoms with van der Waals surface area (Å²) in [6, 6.07) is 2.19. The van der Waals surface area contributed by atoms with Crippen LogP contribution in [0.2, 0.25) is 0 Å². The van der Waals surface area contributed by atoms with E-state index in [0.717, 1.165) is 12.1 Å². The van der Waals surface area contributed by atoms with Gasteiger partial charge < -0.3 is 15.8 Å². The number of hydrogen-bond acceptors (Lipinski definition) is 3. The van der Waals surface area contributed by atoms with Gasteiger partial charge in [0.25, 0.3) is 0 Å². The van der Waals surface area contributed by atoms with Gasteiger partial charge in [0.1, 0.15) is 5.82 Å². The first-order chi connectivity index (χ1) is 7.19. The lowest BCUT2D eigenvalue weighted by molar-refractivity contribution is 0.381. The third-order valence-electron chi connectivity index (χ3n) is 2.04. The lowest BCUT2D eigenvalue weighted by Gasteiger charge is -2.07. The van der Waals surface area contributed by atoms with Gasteiger partial charge in [0.2, 0.25) is 0 Å². The summed E-state index contributed by atoms with van der Waals surface area (Å²) < 4.78 is 31.2. The number of nitrogens with two attached hydrogens (primary N) is 1. The van der Waals surface area contributed by atoms with E-state index in [1.165, 1.54) is 7.11 Å². The van der Waals surface area contributed by atoms with Crippen LogP contribution in [0.1, 0.15) is 5.56 Å². The lowest BCUT2D eigenvalue weighted by atomic mass is 10.1. The number of benzene rings is 1. The van der Waals surface area contributed by atoms with Gasteiger partial charge in [-0.3, -0.25) is 0 Å². The summed E-state index contributed by atoms with van der Waals surface area (Å²) in [5.74, 6) is -1.10. The van der Waals surface area contributed by atoms with Crippen LogP contribution in [0.4, 0.5) is 8.78 Å². The Kier molecular flexibility index (Phi) is 4.45. The van der Waals surface area contributed by atoms with Gasteiger partial charge in [-0.15, -0.1) is 0 Å². The Morgan fingerprint density at radius 3 is 2.67 bits per heavy atom. The molecule has 1 aromatic carbocycles. The second-order valence-corrected chi connectivity index (χ2v) is 3.03. The fraction of sp³-hybridized carbons (Fsp3) is 0.400. The van der Waals surface area contributed by atoms with E-state index in [9.17, 15) is 8.78 Å². The molecule has 0 fully saturated rings. The maximum atomic E-state index is 13.3. The van der Waals surface area contributed by atoms with E-state index in [1.807, 2.05) is 0 Å². The third-order valence-corrected chi connectivity index (χ3v) is 2.04. The molecule has 0 aliphatic heterocycles. The SMILES string of the molecule is COc1cc(F)c(CCNCN)cc1F. The summed E-state index contributed by atoms with van der Waals surface area (Å²) in [4.78, 5) is 0. The van der Waals surface area contributed by atoms with Gasteiger partial charge in [-0.1, -0.05) is 0 Å². The number of hydrogen-bond donors (Lipinski definition) is 2. The van der Waals surface area contributed by atoms with Gasteiger partial charge in [0, 0.05) is 19.3 Å². The molecule has 0 aromatic heterocycles. The zero-order valence-electron chi connectivity index (χ0n) is 8.52. The molecule has 84 valence electrons. The zero-order valence-corrected chi connectivity index (χ0v) is 8.52. The van der Waals surface area contributed by atoms with Crippen molar-refractivity contribution in [3.8, 4) is 5.75 Å². The van der Waals surface area contributed by atoms with E-state index in [0.29, 0.717) is 25.2 Å². The summed E-state index contributed by atoms with van der Waals surface area (Å²) in [6.07, 6.45) is 0.393. The summed E-state index contributed by atoms with van der Waals surface area (Å²) in [5, 5.41) is 2.83. The molecule has 0 unspecified atom stereocenters. The minimum atomic E-state index is -0.554. The molecule has 0 atom stereocenters. The van der Waals surface area contributed by atoms with Crippen molar-refractivity contribution in [2.75, 3.05) is 20.3 Å². The molecule has 0 aliphatic carbocycles. The van der Waals surface area contributed by atoms with Crippen molar-refractivity contribution >= 4 is 0 Å². The van der Waals surface area contributed by atoms with E-state index in [2.05, 4.69) is 10.1 Å². The molecular formula is C10H14F2N2O. The van der Waals surface area contributed by atoms with Crippen LogP contribution in [0, 0.1) is 11.6 Å². The van der Waals surface area contributed by atoms with Gasteiger partial charge in [0.15, 0.2) is 11.6 Å². The minimum Gasteiger partial charge on any atom is -0.494 e. The average Bonchev–Trinajstić information content (AvgIpc) is 2.23. The Balaban J connectivity index is 2.76. The van der Waals surface area contributed by atoms with Crippen LogP contribution in [0.3, 0.4) is 0 Å². The molecule has 0 saturated heterocycles. The molecule has 5 heteroatoms. The van der Waals surface area contributed by atoms with Crippen molar-refractivity contribution in [1.82, 2.24) is 5.32 Å². The van der Waals surface area contributed by atoms with Gasteiger partial charge in [-0.2, -0.15) is 0 Å². The maximum Gasteiger partial charge on any atom is 0.165 e. The number of nitrogens with one attached hydrogen (secondary N) is 1. The Bertz CT molecular complexity index is 331. The van der Waals surface area contributed by atoms with Crippen LogP contribution in [-0.4, -0.2) is 20.3 Å². The van der Waals surface area contributed by atoms with E-state index in [4.69, 9.17) is 5.73 Å². The highest BCUT2D eigenvalue weighted by Gasteiger charge is 2.09. The second-order valence-electron chi connectivity index (χ2n) is 3.03. The van der Waals surface area contributed by atoms with Crippen LogP contribution in [0.15, 0.2) is 12.1 Å². The molecule has 1 rings (SSSR count). The molecule has 0 bridgehead atoms. The monoisotopic (exact) mass is 216 g/mol. The second kappa shape index (κ2) is 5.63. The van der Waals surface area contributed by atoms with Gasteiger partial charge in [-0.05, 0) is 18.1 Å². The summed E-state index contributed by atoms with van der Waals surface area (Å²) in [7, 11) is 1.30. The minimum absolute atomic E-state index is 0.0805. The molecule has 0 heterocycles. The fourth-order valence-corrected chi connectivity index (χ4v) is 1.24. The van der Waals surface area contributed by atoms with Crippen molar-refractivity contribution in [3.05, 3.63) is 29.3 Å². The number of halogens is 2. The van der Waals surface area contributed by atoms with E-state index < -0.39 is 11.6 Å². The molecule has 1 aromatic rings. The largest absolute Gasteiger partial charge is 0.494 e. The van der Waals surface area contributed by atoms with Crippen molar-refractivity contribution in [2.45, 2.75) is 6.42 Å². The van der Waals surface area contributed by atoms with Gasteiger partial charge in [-0.25, -0.2) is 8.78 Å². The smallest absolute Gasteiger partial charge is 0.165 e. The fourth-order valence-electron chi connectivity index (χ4n) is 1.24. The first kappa shape index (κ1) is 11.9. The van der Waals surface area contributed by atoms with Crippen LogP contribution >= 0.6 is 0 Å². The summed E-state index contributed by atoms with van der Waals surface area (Å²) in [6.45, 7) is 0.833. The van der Waals surface area contributed by atoms with Crippen LogP contribution in [0.5, 0.6) is 5.75 Å². The van der Waals surface area contributed by atoms with E-state index in [-0.39, 0.29) is 5.75 Å². The maximum absolute atomic E-state index is 13.3. The van der Waals surface area contributed by atoms with Crippen molar-refractivity contribution in [1.29, 1.82) is 0 Å². The van der Waals surface area contributed by atoms with E-state index in [1.54, 1.807) is 0 Å². The summed E-state index contributed by atoms with van der Waals surface area (Å²) >= 11 is 0. The Morgan fingerprint density at radius 1 is 1.33 bits per heavy atom. The average molecular weight is 216 g/mol. The number of methoxy groups -OCH3 is 1. The molecular weight excluding hydrogens is 202 g/mol. The highest BCUT2D eigenvalue weighted by Crippen LogP contribution is 2.21. The number of rotatable bonds is 5. The normalized spacial score (nSPS) is 10.4. The molecule has 0 radical (unpaired) electrons. The lowest BCUT2D eigenvalue weighted by Crippen LogP contribution is -2.24. The van der Waals surface area contributed by atoms with Crippen molar-refractivity contribution < 1.29 is 13.5 Å². The molecule has 3 nitrogen and oxygen atoms in total. The molecule has 15 heavy (non-hydrogen) atoms. The van der Waals surface area contributed by atoms with Crippen molar-refractivity contribution in [3.63, 3.8) is 0 Å². The number of ether oxygens (including phenoxy) is 1. The molecule has 0 spiro atoms. The standard InChI is InChI=1S/C10H14F2N2O/c1-15-10-5-8(11)7(4-9(10)12)2-3-14-6-13/h4-5,14H,2-3,6,13H2,1H3. The predicted molar refractivity (Wildman–Crippen MR) is 53.7 cm³/mol. The van der Waals surface area contributed by atoms with Gasteiger partial charge >= 0.3 is 0 Å². The van der Waals surface area contributed by atoms with Crippen molar-refractivity contribution in [2.24, 2.45) is 5.73 Å². The Morgan fingerprint density at radius 2 is 2.07 bits per heavy atom. The topological polar surface area (TPSA) is 47.3 Å². The molecule has 0 amide bonds. The predicted octanol–water partition coefficient (Wildman–Crippen LogP) is 1.02. The third kappa shape index (κ3) is 3.14. The van der Waals surface area contributed by atoms with E-state index >= 15 is 0 Å². The first-order valence-corrected chi connectivity index (χ1v) is 4.61. The summed E-state index contributed by atoms with van der Waals surface area (Å²) in [5.41, 5.74) is 5.52. The Labute approximate surface area is 87.2 Å². The highest BCUT2D eigenvalue weighted by atomic mass is 19.1. The molecule has 0 saturated carbocycles. The highest BCUT2D eigenvalue weighted by molar-refractivity contribution is 5.31. The van der Waals surface area contributed by atoms with Crippen LogP contribution in [-0.2, 0) is 6.42 Å². The molecule has 3 N–H and O–H groups in total. The molecule has 0 aliphatic rings. The zero-order chi connectivity index (χ0) is 11.3. The Hall–Kier alpha value is -1.20. The first-order valence-electron chi connectivity index (χ1n) is 4.61.